The SMILES string of the molecule is CN(CC1CCCCO1)S(=O)(=O)CCCCCl. The molecule has 1 saturated heterocycles. The number of hydrogen-bond donors (Lipinski definition) is 0. The van der Waals surface area contributed by atoms with E-state index in [1.54, 1.807) is 7.05 Å². The summed E-state index contributed by atoms with van der Waals surface area (Å²) in [5.74, 6) is 0.702. The standard InChI is InChI=1S/C11H22ClNO3S/c1-13(10-11-6-2-4-8-16-11)17(14,15)9-5-3-7-12/h11H,2-10H2,1H3. The molecule has 0 aromatic heterocycles. The van der Waals surface area contributed by atoms with Crippen molar-refractivity contribution in [3.63, 3.8) is 0 Å². The minimum absolute atomic E-state index is 0.0663. The van der Waals surface area contributed by atoms with Gasteiger partial charge in [-0.05, 0) is 32.1 Å². The maximum absolute atomic E-state index is 11.9. The number of likely N-dealkylation sites (N-methyl/N-ethyl adjacent to an activating group) is 1. The third-order valence-electron chi connectivity index (χ3n) is 3.00. The van der Waals surface area contributed by atoms with Gasteiger partial charge in [-0.1, -0.05) is 0 Å². The molecule has 0 saturated carbocycles. The van der Waals surface area contributed by atoms with E-state index in [9.17, 15) is 8.42 Å². The first-order valence-corrected chi connectivity index (χ1v) is 8.32. The smallest absolute Gasteiger partial charge is 0.213 e. The molecule has 0 aromatic carbocycles. The van der Waals surface area contributed by atoms with Gasteiger partial charge in [0, 0.05) is 26.1 Å². The molecule has 0 spiro atoms. The Morgan fingerprint density at radius 1 is 1.35 bits per heavy atom. The fourth-order valence-corrected chi connectivity index (χ4v) is 3.35. The quantitative estimate of drug-likeness (QED) is 0.529. The predicted octanol–water partition coefficient (Wildman–Crippen LogP) is 1.84. The lowest BCUT2D eigenvalue weighted by atomic mass is 10.1. The number of halogens is 1. The maximum Gasteiger partial charge on any atom is 0.213 e. The van der Waals surface area contributed by atoms with Crippen LogP contribution in [0.15, 0.2) is 0 Å². The van der Waals surface area contributed by atoms with E-state index < -0.39 is 10.0 Å². The van der Waals surface area contributed by atoms with Gasteiger partial charge in [0.2, 0.25) is 10.0 Å². The van der Waals surface area contributed by atoms with E-state index in [0.29, 0.717) is 18.8 Å². The summed E-state index contributed by atoms with van der Waals surface area (Å²) in [4.78, 5) is 0. The number of hydrogen-bond acceptors (Lipinski definition) is 3. The van der Waals surface area contributed by atoms with Crippen LogP contribution in [0, 0.1) is 0 Å². The van der Waals surface area contributed by atoms with Crippen LogP contribution in [0.2, 0.25) is 0 Å². The molecule has 102 valence electrons. The van der Waals surface area contributed by atoms with Gasteiger partial charge in [0.15, 0.2) is 0 Å². The second-order valence-electron chi connectivity index (χ2n) is 4.48. The molecule has 1 fully saturated rings. The summed E-state index contributed by atoms with van der Waals surface area (Å²) in [6.07, 6.45) is 4.61. The summed E-state index contributed by atoms with van der Waals surface area (Å²) in [5.41, 5.74) is 0. The topological polar surface area (TPSA) is 46.6 Å². The number of nitrogens with zero attached hydrogens (tertiary/aromatic N) is 1. The highest BCUT2D eigenvalue weighted by Crippen LogP contribution is 2.15. The molecular formula is C11H22ClNO3S. The Hall–Kier alpha value is 0.160. The first-order chi connectivity index (χ1) is 8.06. The van der Waals surface area contributed by atoms with Gasteiger partial charge < -0.3 is 4.74 Å². The van der Waals surface area contributed by atoms with Crippen LogP contribution in [0.4, 0.5) is 0 Å². The molecule has 0 aliphatic carbocycles. The van der Waals surface area contributed by atoms with Gasteiger partial charge in [-0.2, -0.15) is 0 Å². The normalized spacial score (nSPS) is 21.9. The average Bonchev–Trinajstić information content (AvgIpc) is 2.30. The van der Waals surface area contributed by atoms with Crippen LogP contribution in [0.25, 0.3) is 0 Å². The minimum Gasteiger partial charge on any atom is -0.377 e. The first-order valence-electron chi connectivity index (χ1n) is 6.18. The number of sulfonamides is 1. The van der Waals surface area contributed by atoms with Crippen molar-refractivity contribution in [2.45, 2.75) is 38.2 Å². The highest BCUT2D eigenvalue weighted by Gasteiger charge is 2.23. The van der Waals surface area contributed by atoms with Crippen LogP contribution in [0.3, 0.4) is 0 Å². The van der Waals surface area contributed by atoms with Crippen molar-refractivity contribution in [2.24, 2.45) is 0 Å². The van der Waals surface area contributed by atoms with Gasteiger partial charge in [-0.3, -0.25) is 0 Å². The van der Waals surface area contributed by atoms with Gasteiger partial charge in [0.25, 0.3) is 0 Å². The molecule has 0 aromatic rings. The third kappa shape index (κ3) is 5.55. The third-order valence-corrected chi connectivity index (χ3v) is 5.17. The zero-order valence-electron chi connectivity index (χ0n) is 10.4. The van der Waals surface area contributed by atoms with E-state index in [-0.39, 0.29) is 11.9 Å². The summed E-state index contributed by atoms with van der Waals surface area (Å²) >= 11 is 5.54. The van der Waals surface area contributed by atoms with Crippen molar-refractivity contribution >= 4 is 21.6 Å². The maximum atomic E-state index is 11.9. The summed E-state index contributed by atoms with van der Waals surface area (Å²) in [5, 5.41) is 0. The van der Waals surface area contributed by atoms with Crippen molar-refractivity contribution in [2.75, 3.05) is 31.8 Å². The second-order valence-corrected chi connectivity index (χ2v) is 7.05. The van der Waals surface area contributed by atoms with E-state index in [2.05, 4.69) is 0 Å². The average molecular weight is 284 g/mol. The lowest BCUT2D eigenvalue weighted by molar-refractivity contribution is 0.00859. The largest absolute Gasteiger partial charge is 0.377 e. The van der Waals surface area contributed by atoms with E-state index >= 15 is 0 Å². The van der Waals surface area contributed by atoms with Gasteiger partial charge in [0.1, 0.15) is 0 Å². The van der Waals surface area contributed by atoms with Crippen molar-refractivity contribution in [1.82, 2.24) is 4.31 Å². The second kappa shape index (κ2) is 7.56. The first kappa shape index (κ1) is 15.2. The molecule has 0 N–H and O–H groups in total. The number of unbranched alkanes of at least 4 members (excludes halogenated alkanes) is 1. The Morgan fingerprint density at radius 3 is 2.71 bits per heavy atom. The Balaban J connectivity index is 2.36. The van der Waals surface area contributed by atoms with Crippen LogP contribution in [-0.4, -0.2) is 50.7 Å². The molecule has 4 nitrogen and oxygen atoms in total. The van der Waals surface area contributed by atoms with Crippen LogP contribution in [-0.2, 0) is 14.8 Å². The van der Waals surface area contributed by atoms with Gasteiger partial charge in [-0.15, -0.1) is 11.6 Å². The molecule has 17 heavy (non-hydrogen) atoms. The summed E-state index contributed by atoms with van der Waals surface area (Å²) in [6, 6.07) is 0. The highest BCUT2D eigenvalue weighted by atomic mass is 35.5. The van der Waals surface area contributed by atoms with Gasteiger partial charge in [-0.25, -0.2) is 12.7 Å². The minimum atomic E-state index is -3.14. The molecule has 1 heterocycles. The van der Waals surface area contributed by atoms with Crippen molar-refractivity contribution in [3.05, 3.63) is 0 Å². The number of alkyl halides is 1. The summed E-state index contributed by atoms with van der Waals surface area (Å²) in [6.45, 7) is 1.23. The van der Waals surface area contributed by atoms with E-state index in [0.717, 1.165) is 32.3 Å². The summed E-state index contributed by atoms with van der Waals surface area (Å²) < 4.78 is 30.8. The van der Waals surface area contributed by atoms with E-state index in [1.165, 1.54) is 4.31 Å². The molecule has 0 bridgehead atoms. The number of ether oxygens (including phenoxy) is 1. The Bertz CT molecular complexity index is 302. The molecule has 1 rings (SSSR count). The molecule has 1 aliphatic heterocycles. The van der Waals surface area contributed by atoms with Crippen molar-refractivity contribution in [3.8, 4) is 0 Å². The number of rotatable bonds is 7. The highest BCUT2D eigenvalue weighted by molar-refractivity contribution is 7.89. The molecule has 0 radical (unpaired) electrons. The van der Waals surface area contributed by atoms with Crippen LogP contribution >= 0.6 is 11.6 Å². The van der Waals surface area contributed by atoms with E-state index in [1.807, 2.05) is 0 Å². The molecule has 0 amide bonds. The monoisotopic (exact) mass is 283 g/mol. The molecule has 6 heteroatoms. The molecule has 1 aliphatic rings. The molecule has 1 atom stereocenters. The van der Waals surface area contributed by atoms with Crippen molar-refractivity contribution in [1.29, 1.82) is 0 Å². The fraction of sp³-hybridized carbons (Fsp3) is 1.00. The molecular weight excluding hydrogens is 262 g/mol. The zero-order valence-corrected chi connectivity index (χ0v) is 12.0. The van der Waals surface area contributed by atoms with Gasteiger partial charge >= 0.3 is 0 Å². The lowest BCUT2D eigenvalue weighted by Gasteiger charge is -2.27. The van der Waals surface area contributed by atoms with E-state index in [4.69, 9.17) is 16.3 Å². The predicted molar refractivity (Wildman–Crippen MR) is 70.0 cm³/mol. The Labute approximate surface area is 109 Å². The van der Waals surface area contributed by atoms with Crippen LogP contribution in [0.5, 0.6) is 0 Å². The fourth-order valence-electron chi connectivity index (χ4n) is 1.89. The van der Waals surface area contributed by atoms with Crippen LogP contribution < -0.4 is 0 Å². The Kier molecular flexibility index (Phi) is 6.77. The lowest BCUT2D eigenvalue weighted by Crippen LogP contribution is -2.38. The van der Waals surface area contributed by atoms with Crippen LogP contribution in [0.1, 0.15) is 32.1 Å². The Morgan fingerprint density at radius 2 is 2.12 bits per heavy atom. The van der Waals surface area contributed by atoms with Gasteiger partial charge in [0.05, 0.1) is 11.9 Å². The van der Waals surface area contributed by atoms with Crippen molar-refractivity contribution < 1.29 is 13.2 Å². The zero-order chi connectivity index (χ0) is 12.7. The molecule has 1 unspecified atom stereocenters. The summed E-state index contributed by atoms with van der Waals surface area (Å²) in [7, 11) is -1.50.